The molecule has 0 amide bonds. The predicted molar refractivity (Wildman–Crippen MR) is 65.1 cm³/mol. The van der Waals surface area contributed by atoms with Gasteiger partial charge in [0.25, 0.3) is 0 Å². The van der Waals surface area contributed by atoms with Crippen LogP contribution in [0.2, 0.25) is 0 Å². The molecule has 72 valence electrons. The lowest BCUT2D eigenvalue weighted by Gasteiger charge is -2.01. The quantitative estimate of drug-likeness (QED) is 0.629. The average molecular weight is 185 g/mol. The topological polar surface area (TPSA) is 12.4 Å². The van der Waals surface area contributed by atoms with Gasteiger partial charge >= 0.3 is 0 Å². The molecule has 14 heavy (non-hydrogen) atoms. The van der Waals surface area contributed by atoms with Gasteiger partial charge in [-0.1, -0.05) is 30.4 Å². The fraction of sp³-hybridized carbons (Fsp3) is 0.154. The summed E-state index contributed by atoms with van der Waals surface area (Å²) in [6, 6.07) is 6.12. The van der Waals surface area contributed by atoms with Crippen LogP contribution in [0.25, 0.3) is 12.2 Å². The highest BCUT2D eigenvalue weighted by Crippen LogP contribution is 2.22. The van der Waals surface area contributed by atoms with Crippen molar-refractivity contribution in [2.24, 2.45) is 4.99 Å². The van der Waals surface area contributed by atoms with Crippen LogP contribution < -0.4 is 0 Å². The first-order valence-corrected chi connectivity index (χ1v) is 4.68. The molecule has 0 bridgehead atoms. The number of benzene rings is 1. The van der Waals surface area contributed by atoms with Crippen molar-refractivity contribution in [1.29, 1.82) is 0 Å². The van der Waals surface area contributed by atoms with Gasteiger partial charge in [-0.05, 0) is 38.3 Å². The van der Waals surface area contributed by atoms with Crippen LogP contribution in [0, 0.1) is 0 Å². The van der Waals surface area contributed by atoms with Gasteiger partial charge in [0.05, 0.1) is 5.69 Å². The Morgan fingerprint density at radius 2 is 1.86 bits per heavy atom. The van der Waals surface area contributed by atoms with Crippen LogP contribution >= 0.6 is 0 Å². The summed E-state index contributed by atoms with van der Waals surface area (Å²) in [5.41, 5.74) is 3.22. The Hall–Kier alpha value is -1.63. The summed E-state index contributed by atoms with van der Waals surface area (Å²) < 4.78 is 0. The Morgan fingerprint density at radius 1 is 1.14 bits per heavy atom. The summed E-state index contributed by atoms with van der Waals surface area (Å²) >= 11 is 0. The van der Waals surface area contributed by atoms with Crippen LogP contribution in [-0.2, 0) is 0 Å². The molecule has 0 fully saturated rings. The van der Waals surface area contributed by atoms with Crippen molar-refractivity contribution in [2.45, 2.75) is 13.8 Å². The zero-order valence-corrected chi connectivity index (χ0v) is 8.70. The molecule has 0 unspecified atom stereocenters. The maximum absolute atomic E-state index is 3.97. The Labute approximate surface area is 85.5 Å². The molecule has 1 aromatic rings. The monoisotopic (exact) mass is 185 g/mol. The second kappa shape index (κ2) is 5.18. The van der Waals surface area contributed by atoms with E-state index in [1.165, 1.54) is 5.56 Å². The number of allylic oxidation sites excluding steroid dienone is 2. The number of rotatable bonds is 3. The van der Waals surface area contributed by atoms with E-state index in [0.717, 1.165) is 11.3 Å². The second-order valence-electron chi connectivity index (χ2n) is 2.98. The highest BCUT2D eigenvalue weighted by molar-refractivity contribution is 5.69. The van der Waals surface area contributed by atoms with E-state index in [-0.39, 0.29) is 0 Å². The third-order valence-electron chi connectivity index (χ3n) is 1.93. The third kappa shape index (κ3) is 2.43. The molecular formula is C13H15N. The van der Waals surface area contributed by atoms with E-state index in [1.807, 2.05) is 44.2 Å². The maximum Gasteiger partial charge on any atom is 0.0695 e. The third-order valence-corrected chi connectivity index (χ3v) is 1.93. The van der Waals surface area contributed by atoms with E-state index < -0.39 is 0 Å². The molecule has 0 N–H and O–H groups in total. The molecule has 1 aromatic carbocycles. The second-order valence-corrected chi connectivity index (χ2v) is 2.98. The highest BCUT2D eigenvalue weighted by Gasteiger charge is 1.96. The van der Waals surface area contributed by atoms with Crippen molar-refractivity contribution in [3.8, 4) is 0 Å². The molecule has 0 aliphatic rings. The lowest BCUT2D eigenvalue weighted by molar-refractivity contribution is 1.50. The summed E-state index contributed by atoms with van der Waals surface area (Å²) in [6.45, 7) is 7.55. The molecule has 0 radical (unpaired) electrons. The zero-order valence-electron chi connectivity index (χ0n) is 8.70. The number of hydrogen-bond acceptors (Lipinski definition) is 1. The summed E-state index contributed by atoms with van der Waals surface area (Å²) in [7, 11) is 0. The molecule has 0 heterocycles. The molecule has 1 heteroatoms. The van der Waals surface area contributed by atoms with Crippen molar-refractivity contribution >= 4 is 24.6 Å². The minimum absolute atomic E-state index is 0.927. The van der Waals surface area contributed by atoms with Crippen LogP contribution in [-0.4, -0.2) is 6.72 Å². The first kappa shape index (κ1) is 10.5. The van der Waals surface area contributed by atoms with E-state index in [1.54, 1.807) is 0 Å². The Bertz CT molecular complexity index is 373. The fourth-order valence-electron chi connectivity index (χ4n) is 1.33. The molecule has 1 rings (SSSR count). The normalized spacial score (nSPS) is 11.3. The van der Waals surface area contributed by atoms with Crippen LogP contribution in [0.15, 0.2) is 35.3 Å². The minimum Gasteiger partial charge on any atom is -0.264 e. The Kier molecular flexibility index (Phi) is 3.86. The summed E-state index contributed by atoms with van der Waals surface area (Å²) in [5.74, 6) is 0. The number of hydrogen-bond donors (Lipinski definition) is 0. The summed E-state index contributed by atoms with van der Waals surface area (Å²) in [4.78, 5) is 3.97. The lowest BCUT2D eigenvalue weighted by Crippen LogP contribution is -1.77. The molecular weight excluding hydrogens is 170 g/mol. The number of nitrogens with zero attached hydrogens (tertiary/aromatic N) is 1. The Balaban J connectivity index is 3.19. The van der Waals surface area contributed by atoms with Gasteiger partial charge in [0, 0.05) is 5.56 Å². The van der Waals surface area contributed by atoms with E-state index in [0.29, 0.717) is 0 Å². The van der Waals surface area contributed by atoms with E-state index in [9.17, 15) is 0 Å². The Morgan fingerprint density at radius 3 is 2.43 bits per heavy atom. The smallest absolute Gasteiger partial charge is 0.0695 e. The van der Waals surface area contributed by atoms with E-state index in [4.69, 9.17) is 0 Å². The van der Waals surface area contributed by atoms with Crippen molar-refractivity contribution in [3.05, 3.63) is 41.5 Å². The summed E-state index contributed by atoms with van der Waals surface area (Å²) in [5, 5.41) is 0. The number of aliphatic imine (C=N–C) groups is 1. The average Bonchev–Trinajstić information content (AvgIpc) is 2.19. The van der Waals surface area contributed by atoms with Crippen LogP contribution in [0.3, 0.4) is 0 Å². The molecule has 0 spiro atoms. The minimum atomic E-state index is 0.927. The molecule has 0 saturated heterocycles. The van der Waals surface area contributed by atoms with Crippen molar-refractivity contribution in [3.63, 3.8) is 0 Å². The fourth-order valence-corrected chi connectivity index (χ4v) is 1.33. The standard InChI is InChI=1S/C13H15N/c1-4-6-11-8-9-13(14-3)12(10-11)7-5-2/h4-10H,3H2,1-2H3/b6-4+,7-5-. The molecule has 0 aliphatic carbocycles. The molecule has 0 saturated carbocycles. The van der Waals surface area contributed by atoms with Crippen molar-refractivity contribution in [2.75, 3.05) is 0 Å². The highest BCUT2D eigenvalue weighted by atomic mass is 14.7. The maximum atomic E-state index is 3.97. The summed E-state index contributed by atoms with van der Waals surface area (Å²) in [6.07, 6.45) is 8.14. The zero-order chi connectivity index (χ0) is 10.4. The lowest BCUT2D eigenvalue weighted by atomic mass is 10.1. The first-order valence-electron chi connectivity index (χ1n) is 4.68. The molecule has 0 atom stereocenters. The predicted octanol–water partition coefficient (Wildman–Crippen LogP) is 4.08. The van der Waals surface area contributed by atoms with Gasteiger partial charge in [0.2, 0.25) is 0 Å². The largest absolute Gasteiger partial charge is 0.264 e. The van der Waals surface area contributed by atoms with E-state index in [2.05, 4.69) is 23.9 Å². The van der Waals surface area contributed by atoms with Gasteiger partial charge in [0.1, 0.15) is 0 Å². The van der Waals surface area contributed by atoms with Crippen molar-refractivity contribution in [1.82, 2.24) is 0 Å². The van der Waals surface area contributed by atoms with E-state index >= 15 is 0 Å². The van der Waals surface area contributed by atoms with Crippen LogP contribution in [0.1, 0.15) is 25.0 Å². The van der Waals surface area contributed by atoms with Gasteiger partial charge < -0.3 is 0 Å². The van der Waals surface area contributed by atoms with Gasteiger partial charge in [0.15, 0.2) is 0 Å². The van der Waals surface area contributed by atoms with Gasteiger partial charge in [-0.25, -0.2) is 0 Å². The van der Waals surface area contributed by atoms with Crippen LogP contribution in [0.5, 0.6) is 0 Å². The van der Waals surface area contributed by atoms with Crippen LogP contribution in [0.4, 0.5) is 5.69 Å². The molecule has 0 aromatic heterocycles. The van der Waals surface area contributed by atoms with Gasteiger partial charge in [-0.3, -0.25) is 4.99 Å². The SMILES string of the molecule is C=Nc1ccc(/C=C/C)cc1/C=C\C. The van der Waals surface area contributed by atoms with Gasteiger partial charge in [-0.15, -0.1) is 0 Å². The molecule has 0 aliphatic heterocycles. The first-order chi connectivity index (χ1) is 6.81. The van der Waals surface area contributed by atoms with Crippen molar-refractivity contribution < 1.29 is 0 Å². The molecule has 1 nitrogen and oxygen atoms in total. The van der Waals surface area contributed by atoms with Gasteiger partial charge in [-0.2, -0.15) is 0 Å².